The van der Waals surface area contributed by atoms with E-state index in [0.717, 1.165) is 19.3 Å². The highest BCUT2D eigenvalue weighted by atomic mass is 32.2. The maximum Gasteiger partial charge on any atom is 0.338 e. The standard InChI is InChI=1S/C21H24N2O5S/c1-22(18-10-4-2-5-11-18)20(24)16-28-21(25)17-9-8-12-19(15-17)29(26,27)23-13-6-3-7-14-23/h2,4-5,8-12,15H,3,6-7,13-14,16H2,1H3. The number of carbonyl (C=O) groups excluding carboxylic acids is 2. The molecule has 1 saturated heterocycles. The molecule has 0 spiro atoms. The molecule has 7 nitrogen and oxygen atoms in total. The van der Waals surface area contributed by atoms with E-state index < -0.39 is 22.6 Å². The predicted octanol–water partition coefficient (Wildman–Crippen LogP) is 2.68. The van der Waals surface area contributed by atoms with Crippen LogP contribution < -0.4 is 4.90 Å². The first-order chi connectivity index (χ1) is 13.9. The van der Waals surface area contributed by atoms with E-state index in [2.05, 4.69) is 0 Å². The number of carbonyl (C=O) groups is 2. The highest BCUT2D eigenvalue weighted by molar-refractivity contribution is 7.89. The summed E-state index contributed by atoms with van der Waals surface area (Å²) >= 11 is 0. The molecule has 0 aliphatic carbocycles. The van der Waals surface area contributed by atoms with Gasteiger partial charge < -0.3 is 9.64 Å². The summed E-state index contributed by atoms with van der Waals surface area (Å²) in [5, 5.41) is 0. The molecule has 1 heterocycles. The third-order valence-electron chi connectivity index (χ3n) is 4.87. The van der Waals surface area contributed by atoms with Crippen LogP contribution in [0.5, 0.6) is 0 Å². The van der Waals surface area contributed by atoms with E-state index in [1.54, 1.807) is 31.3 Å². The summed E-state index contributed by atoms with van der Waals surface area (Å²) in [6, 6.07) is 14.7. The number of benzene rings is 2. The molecule has 0 atom stereocenters. The van der Waals surface area contributed by atoms with Crippen LogP contribution in [0.25, 0.3) is 0 Å². The monoisotopic (exact) mass is 416 g/mol. The van der Waals surface area contributed by atoms with Gasteiger partial charge in [0.1, 0.15) is 0 Å². The van der Waals surface area contributed by atoms with Gasteiger partial charge in [-0.2, -0.15) is 4.31 Å². The summed E-state index contributed by atoms with van der Waals surface area (Å²) in [5.41, 5.74) is 0.779. The fourth-order valence-electron chi connectivity index (χ4n) is 3.14. The van der Waals surface area contributed by atoms with Crippen LogP contribution in [-0.4, -0.2) is 51.3 Å². The Hall–Kier alpha value is -2.71. The van der Waals surface area contributed by atoms with E-state index in [-0.39, 0.29) is 16.4 Å². The Labute approximate surface area is 170 Å². The Balaban J connectivity index is 1.66. The van der Waals surface area contributed by atoms with E-state index in [9.17, 15) is 18.0 Å². The first-order valence-electron chi connectivity index (χ1n) is 9.48. The maximum absolute atomic E-state index is 12.8. The van der Waals surface area contributed by atoms with Crippen molar-refractivity contribution in [2.45, 2.75) is 24.2 Å². The zero-order chi connectivity index (χ0) is 20.9. The molecule has 1 aliphatic rings. The topological polar surface area (TPSA) is 84.0 Å². The zero-order valence-electron chi connectivity index (χ0n) is 16.3. The van der Waals surface area contributed by atoms with Gasteiger partial charge in [-0.25, -0.2) is 13.2 Å². The van der Waals surface area contributed by atoms with Crippen molar-refractivity contribution in [3.05, 3.63) is 60.2 Å². The summed E-state index contributed by atoms with van der Waals surface area (Å²) in [4.78, 5) is 26.1. The van der Waals surface area contributed by atoms with Crippen molar-refractivity contribution in [2.75, 3.05) is 31.6 Å². The molecule has 0 radical (unpaired) electrons. The zero-order valence-corrected chi connectivity index (χ0v) is 17.1. The molecule has 2 aromatic rings. The Kier molecular flexibility index (Phi) is 6.66. The van der Waals surface area contributed by atoms with Gasteiger partial charge in [-0.15, -0.1) is 0 Å². The number of amides is 1. The van der Waals surface area contributed by atoms with Crippen molar-refractivity contribution in [3.63, 3.8) is 0 Å². The van der Waals surface area contributed by atoms with Crippen LogP contribution in [0, 0.1) is 0 Å². The highest BCUT2D eigenvalue weighted by Crippen LogP contribution is 2.21. The first kappa shape index (κ1) is 21.0. The second kappa shape index (κ2) is 9.19. The molecule has 2 aromatic carbocycles. The average Bonchev–Trinajstić information content (AvgIpc) is 2.78. The fourth-order valence-corrected chi connectivity index (χ4v) is 4.70. The van der Waals surface area contributed by atoms with Crippen molar-refractivity contribution in [1.82, 2.24) is 4.31 Å². The van der Waals surface area contributed by atoms with E-state index >= 15 is 0 Å². The van der Waals surface area contributed by atoms with Crippen molar-refractivity contribution >= 4 is 27.6 Å². The van der Waals surface area contributed by atoms with Crippen molar-refractivity contribution < 1.29 is 22.7 Å². The van der Waals surface area contributed by atoms with Gasteiger partial charge >= 0.3 is 5.97 Å². The third kappa shape index (κ3) is 5.02. The number of anilines is 1. The molecule has 0 bridgehead atoms. The molecular formula is C21H24N2O5S. The number of likely N-dealkylation sites (N-methyl/N-ethyl adjacent to an activating group) is 1. The van der Waals surface area contributed by atoms with Gasteiger partial charge in [-0.1, -0.05) is 30.7 Å². The van der Waals surface area contributed by atoms with Crippen LogP contribution in [0.1, 0.15) is 29.6 Å². The number of nitrogens with zero attached hydrogens (tertiary/aromatic N) is 2. The van der Waals surface area contributed by atoms with Crippen LogP contribution in [0.15, 0.2) is 59.5 Å². The minimum atomic E-state index is -3.65. The first-order valence-corrected chi connectivity index (χ1v) is 10.9. The SMILES string of the molecule is CN(C(=O)COC(=O)c1cccc(S(=O)(=O)N2CCCCC2)c1)c1ccccc1. The third-order valence-corrected chi connectivity index (χ3v) is 6.76. The average molecular weight is 416 g/mol. The second-order valence-corrected chi connectivity index (χ2v) is 8.79. The number of rotatable bonds is 6. The second-order valence-electron chi connectivity index (χ2n) is 6.86. The number of piperidine rings is 1. The quantitative estimate of drug-likeness (QED) is 0.676. The van der Waals surface area contributed by atoms with E-state index in [1.807, 2.05) is 6.07 Å². The van der Waals surface area contributed by atoms with Gasteiger partial charge in [0.15, 0.2) is 6.61 Å². The summed E-state index contributed by atoms with van der Waals surface area (Å²) < 4.78 is 32.1. The van der Waals surface area contributed by atoms with Gasteiger partial charge in [0.25, 0.3) is 5.91 Å². The molecule has 0 aromatic heterocycles. The minimum Gasteiger partial charge on any atom is -0.452 e. The van der Waals surface area contributed by atoms with E-state index in [0.29, 0.717) is 18.8 Å². The largest absolute Gasteiger partial charge is 0.452 e. The van der Waals surface area contributed by atoms with E-state index in [4.69, 9.17) is 4.74 Å². The van der Waals surface area contributed by atoms with Crippen LogP contribution in [0.4, 0.5) is 5.69 Å². The lowest BCUT2D eigenvalue weighted by atomic mass is 10.2. The molecular weight excluding hydrogens is 392 g/mol. The van der Waals surface area contributed by atoms with Crippen molar-refractivity contribution in [1.29, 1.82) is 0 Å². The Morgan fingerprint density at radius 3 is 2.38 bits per heavy atom. The van der Waals surface area contributed by atoms with Crippen molar-refractivity contribution in [3.8, 4) is 0 Å². The highest BCUT2D eigenvalue weighted by Gasteiger charge is 2.26. The number of hydrogen-bond acceptors (Lipinski definition) is 5. The molecule has 29 heavy (non-hydrogen) atoms. The smallest absolute Gasteiger partial charge is 0.338 e. The molecule has 8 heteroatoms. The van der Waals surface area contributed by atoms with Gasteiger partial charge in [0.2, 0.25) is 10.0 Å². The molecule has 154 valence electrons. The van der Waals surface area contributed by atoms with Gasteiger partial charge in [-0.3, -0.25) is 4.79 Å². The molecule has 3 rings (SSSR count). The molecule has 1 aliphatic heterocycles. The number of ether oxygens (including phenoxy) is 1. The molecule has 0 saturated carbocycles. The van der Waals surface area contributed by atoms with E-state index in [1.165, 1.54) is 33.5 Å². The summed E-state index contributed by atoms with van der Waals surface area (Å²) in [5.74, 6) is -1.13. The van der Waals surface area contributed by atoms with Gasteiger partial charge in [-0.05, 0) is 43.2 Å². The predicted molar refractivity (Wildman–Crippen MR) is 109 cm³/mol. The summed E-state index contributed by atoms with van der Waals surface area (Å²) in [6.45, 7) is 0.530. The minimum absolute atomic E-state index is 0.0570. The maximum atomic E-state index is 12.8. The lowest BCUT2D eigenvalue weighted by Crippen LogP contribution is -2.35. The molecule has 0 N–H and O–H groups in total. The van der Waals surface area contributed by atoms with Crippen LogP contribution in [-0.2, 0) is 19.6 Å². The van der Waals surface area contributed by atoms with Crippen LogP contribution in [0.3, 0.4) is 0 Å². The number of para-hydroxylation sites is 1. The summed E-state index contributed by atoms with van der Waals surface area (Å²) in [7, 11) is -2.05. The Bertz CT molecular complexity index is 970. The lowest BCUT2D eigenvalue weighted by Gasteiger charge is -2.26. The lowest BCUT2D eigenvalue weighted by molar-refractivity contribution is -0.121. The van der Waals surface area contributed by atoms with Gasteiger partial charge in [0, 0.05) is 25.8 Å². The van der Waals surface area contributed by atoms with Crippen LogP contribution >= 0.6 is 0 Å². The fraction of sp³-hybridized carbons (Fsp3) is 0.333. The summed E-state index contributed by atoms with van der Waals surface area (Å²) in [6.07, 6.45) is 2.68. The number of sulfonamides is 1. The Morgan fingerprint density at radius 1 is 1.00 bits per heavy atom. The molecule has 1 amide bonds. The Morgan fingerprint density at radius 2 is 1.69 bits per heavy atom. The normalized spacial score (nSPS) is 14.9. The number of hydrogen-bond donors (Lipinski definition) is 0. The molecule has 0 unspecified atom stereocenters. The van der Waals surface area contributed by atoms with Gasteiger partial charge in [0.05, 0.1) is 10.5 Å². The van der Waals surface area contributed by atoms with Crippen LogP contribution in [0.2, 0.25) is 0 Å². The number of esters is 1. The van der Waals surface area contributed by atoms with Crippen molar-refractivity contribution in [2.24, 2.45) is 0 Å². The molecule has 1 fully saturated rings.